The molecular weight excluding hydrogens is 212 g/mol. The van der Waals surface area contributed by atoms with E-state index in [9.17, 15) is 5.11 Å². The fourth-order valence-corrected chi connectivity index (χ4v) is 2.21. The normalized spacial score (nSPS) is 15.3. The van der Waals surface area contributed by atoms with Crippen molar-refractivity contribution >= 4 is 11.8 Å². The number of oxazole rings is 1. The molecule has 0 spiro atoms. The number of aryl methyl sites for hydroxylation is 2. The molecule has 0 fully saturated rings. The van der Waals surface area contributed by atoms with E-state index in [-0.39, 0.29) is 17.9 Å². The number of aliphatic hydroxyl groups excluding tert-OH is 1. The topological polar surface area (TPSA) is 72.3 Å². The van der Waals surface area contributed by atoms with E-state index in [1.807, 2.05) is 20.8 Å². The predicted molar refractivity (Wildman–Crippen MR) is 61.0 cm³/mol. The number of rotatable bonds is 5. The van der Waals surface area contributed by atoms with Crippen LogP contribution in [-0.2, 0) is 0 Å². The van der Waals surface area contributed by atoms with Crippen LogP contribution in [0.25, 0.3) is 0 Å². The fourth-order valence-electron chi connectivity index (χ4n) is 1.15. The summed E-state index contributed by atoms with van der Waals surface area (Å²) in [6.45, 7) is 5.82. The Morgan fingerprint density at radius 3 is 2.60 bits per heavy atom. The summed E-state index contributed by atoms with van der Waals surface area (Å²) in [5.41, 5.74) is 6.76. The van der Waals surface area contributed by atoms with Gasteiger partial charge in [0.1, 0.15) is 5.76 Å². The zero-order chi connectivity index (χ0) is 11.4. The van der Waals surface area contributed by atoms with Crippen molar-refractivity contribution in [3.63, 3.8) is 0 Å². The third-order valence-electron chi connectivity index (χ3n) is 2.39. The Morgan fingerprint density at radius 2 is 2.20 bits per heavy atom. The molecule has 0 aliphatic carbocycles. The van der Waals surface area contributed by atoms with Crippen LogP contribution < -0.4 is 5.73 Å². The van der Waals surface area contributed by atoms with Gasteiger partial charge in [-0.25, -0.2) is 4.98 Å². The van der Waals surface area contributed by atoms with E-state index in [1.54, 1.807) is 0 Å². The molecule has 86 valence electrons. The van der Waals surface area contributed by atoms with Gasteiger partial charge in [0.2, 0.25) is 0 Å². The van der Waals surface area contributed by atoms with Crippen LogP contribution in [0.4, 0.5) is 0 Å². The molecular formula is C10H18N2O2S. The quantitative estimate of drug-likeness (QED) is 0.750. The maximum absolute atomic E-state index is 9.19. The molecule has 2 unspecified atom stereocenters. The minimum Gasteiger partial charge on any atom is -0.437 e. The summed E-state index contributed by atoms with van der Waals surface area (Å²) in [6, 6.07) is -0.0347. The van der Waals surface area contributed by atoms with Gasteiger partial charge in [0, 0.05) is 6.04 Å². The van der Waals surface area contributed by atoms with Crippen LogP contribution in [0.2, 0.25) is 0 Å². The second-order valence-electron chi connectivity index (χ2n) is 3.53. The first kappa shape index (κ1) is 12.5. The lowest BCUT2D eigenvalue weighted by Gasteiger charge is -2.17. The summed E-state index contributed by atoms with van der Waals surface area (Å²) in [4.78, 5) is 4.24. The Morgan fingerprint density at radius 1 is 1.53 bits per heavy atom. The van der Waals surface area contributed by atoms with Gasteiger partial charge in [-0.1, -0.05) is 18.7 Å². The zero-order valence-electron chi connectivity index (χ0n) is 9.36. The summed E-state index contributed by atoms with van der Waals surface area (Å²) in [6.07, 6.45) is 0.830. The zero-order valence-corrected chi connectivity index (χ0v) is 10.2. The van der Waals surface area contributed by atoms with Crippen molar-refractivity contribution in [1.29, 1.82) is 0 Å². The number of thioether (sulfide) groups is 1. The number of aromatic nitrogens is 1. The maximum atomic E-state index is 9.19. The molecule has 1 aromatic rings. The molecule has 1 heterocycles. The first-order valence-corrected chi connectivity index (χ1v) is 5.93. The van der Waals surface area contributed by atoms with E-state index in [4.69, 9.17) is 10.2 Å². The van der Waals surface area contributed by atoms with Crippen LogP contribution in [-0.4, -0.2) is 28.0 Å². The highest BCUT2D eigenvalue weighted by atomic mass is 32.2. The Labute approximate surface area is 94.3 Å². The van der Waals surface area contributed by atoms with Crippen LogP contribution in [0.15, 0.2) is 9.64 Å². The maximum Gasteiger partial charge on any atom is 0.256 e. The molecule has 1 aromatic heterocycles. The first-order valence-electron chi connectivity index (χ1n) is 5.05. The number of nitrogens with two attached hydrogens (primary N) is 1. The van der Waals surface area contributed by atoms with Gasteiger partial charge in [0.25, 0.3) is 5.22 Å². The van der Waals surface area contributed by atoms with Crippen molar-refractivity contribution in [2.45, 2.75) is 43.7 Å². The van der Waals surface area contributed by atoms with Gasteiger partial charge < -0.3 is 15.3 Å². The Kier molecular flexibility index (Phi) is 4.63. The van der Waals surface area contributed by atoms with Crippen molar-refractivity contribution in [2.24, 2.45) is 5.73 Å². The average molecular weight is 230 g/mol. The van der Waals surface area contributed by atoms with Gasteiger partial charge in [-0.3, -0.25) is 0 Å². The molecule has 15 heavy (non-hydrogen) atoms. The van der Waals surface area contributed by atoms with Crippen molar-refractivity contribution < 1.29 is 9.52 Å². The second-order valence-corrected chi connectivity index (χ2v) is 4.72. The third-order valence-corrected chi connectivity index (χ3v) is 3.57. The third kappa shape index (κ3) is 3.22. The van der Waals surface area contributed by atoms with E-state index < -0.39 is 0 Å². The summed E-state index contributed by atoms with van der Waals surface area (Å²) in [7, 11) is 0. The van der Waals surface area contributed by atoms with Crippen molar-refractivity contribution in [3.8, 4) is 0 Å². The SMILES string of the molecule is CCC(N)C(CO)Sc1nc(C)c(C)o1. The molecule has 0 aromatic carbocycles. The molecule has 4 nitrogen and oxygen atoms in total. The van der Waals surface area contributed by atoms with Crippen LogP contribution in [0.5, 0.6) is 0 Å². The van der Waals surface area contributed by atoms with E-state index in [2.05, 4.69) is 4.98 Å². The number of hydrogen-bond donors (Lipinski definition) is 2. The minimum atomic E-state index is -0.0487. The second kappa shape index (κ2) is 5.53. The largest absolute Gasteiger partial charge is 0.437 e. The van der Waals surface area contributed by atoms with Gasteiger partial charge in [0.15, 0.2) is 0 Å². The molecule has 0 amide bonds. The highest BCUT2D eigenvalue weighted by molar-refractivity contribution is 7.99. The molecule has 0 saturated heterocycles. The summed E-state index contributed by atoms with van der Waals surface area (Å²) in [5.74, 6) is 0.819. The van der Waals surface area contributed by atoms with E-state index in [0.717, 1.165) is 17.9 Å². The van der Waals surface area contributed by atoms with Gasteiger partial charge in [0.05, 0.1) is 17.6 Å². The Bertz CT molecular complexity index is 295. The summed E-state index contributed by atoms with van der Waals surface area (Å²) >= 11 is 1.40. The molecule has 0 radical (unpaired) electrons. The molecule has 0 aliphatic heterocycles. The Balaban J connectivity index is 2.66. The van der Waals surface area contributed by atoms with E-state index >= 15 is 0 Å². The van der Waals surface area contributed by atoms with Crippen LogP contribution in [0, 0.1) is 13.8 Å². The van der Waals surface area contributed by atoms with Crippen molar-refractivity contribution in [2.75, 3.05) is 6.61 Å². The van der Waals surface area contributed by atoms with Gasteiger partial charge in [-0.05, 0) is 20.3 Å². The molecule has 1 rings (SSSR count). The minimum absolute atomic E-state index is 0.0347. The number of nitrogens with zero attached hydrogens (tertiary/aromatic N) is 1. The van der Waals surface area contributed by atoms with Crippen LogP contribution >= 0.6 is 11.8 Å². The van der Waals surface area contributed by atoms with E-state index in [0.29, 0.717) is 5.22 Å². The van der Waals surface area contributed by atoms with Crippen LogP contribution in [0.1, 0.15) is 24.8 Å². The van der Waals surface area contributed by atoms with E-state index in [1.165, 1.54) is 11.8 Å². The molecule has 0 aliphatic rings. The summed E-state index contributed by atoms with van der Waals surface area (Å²) in [5, 5.41) is 9.74. The highest BCUT2D eigenvalue weighted by Crippen LogP contribution is 2.26. The predicted octanol–water partition coefficient (Wildman–Crippen LogP) is 1.48. The van der Waals surface area contributed by atoms with Gasteiger partial charge in [-0.2, -0.15) is 0 Å². The molecule has 2 atom stereocenters. The van der Waals surface area contributed by atoms with Crippen molar-refractivity contribution in [3.05, 3.63) is 11.5 Å². The monoisotopic (exact) mass is 230 g/mol. The molecule has 3 N–H and O–H groups in total. The van der Waals surface area contributed by atoms with Gasteiger partial charge in [-0.15, -0.1) is 0 Å². The fraction of sp³-hybridized carbons (Fsp3) is 0.700. The first-order chi connectivity index (χ1) is 7.08. The smallest absolute Gasteiger partial charge is 0.256 e. The summed E-state index contributed by atoms with van der Waals surface area (Å²) < 4.78 is 5.43. The molecule has 0 saturated carbocycles. The highest BCUT2D eigenvalue weighted by Gasteiger charge is 2.19. The lowest BCUT2D eigenvalue weighted by molar-refractivity contribution is 0.280. The van der Waals surface area contributed by atoms with Gasteiger partial charge >= 0.3 is 0 Å². The molecule has 0 bridgehead atoms. The van der Waals surface area contributed by atoms with Crippen LogP contribution in [0.3, 0.4) is 0 Å². The Hall–Kier alpha value is -0.520. The number of aliphatic hydroxyl groups is 1. The molecule has 5 heteroatoms. The lowest BCUT2D eigenvalue weighted by Crippen LogP contribution is -2.34. The lowest BCUT2D eigenvalue weighted by atomic mass is 10.2. The van der Waals surface area contributed by atoms with Crippen molar-refractivity contribution in [1.82, 2.24) is 4.98 Å². The average Bonchev–Trinajstić information content (AvgIpc) is 2.53. The number of hydrogen-bond acceptors (Lipinski definition) is 5. The standard InChI is InChI=1S/C10H18N2O2S/c1-4-8(11)9(5-13)15-10-12-6(2)7(3)14-10/h8-9,13H,4-5,11H2,1-3H3.